The summed E-state index contributed by atoms with van der Waals surface area (Å²) >= 11 is 0. The minimum absolute atomic E-state index is 0.741. The molecule has 6 aromatic rings. The minimum atomic E-state index is 0.741. The first kappa shape index (κ1) is 40.4. The first-order valence-corrected chi connectivity index (χ1v) is 21.7. The molecule has 2 aromatic heterocycles. The number of furan rings is 1. The molecule has 0 atom stereocenters. The fraction of sp³-hybridized carbons (Fsp3) is 0.161. The second-order valence-electron chi connectivity index (χ2n) is 17.2. The van der Waals surface area contributed by atoms with Crippen molar-refractivity contribution in [1.29, 1.82) is 0 Å². The van der Waals surface area contributed by atoms with Crippen LogP contribution in [0.15, 0.2) is 152 Å². The molecule has 10 bridgehead atoms. The van der Waals surface area contributed by atoms with Gasteiger partial charge in [-0.3, -0.25) is 0 Å². The number of aromatic nitrogens is 1. The predicted molar refractivity (Wildman–Crippen MR) is 263 cm³/mol. The van der Waals surface area contributed by atoms with Gasteiger partial charge in [0, 0.05) is 10.9 Å². The molecule has 3 N–H and O–H groups in total. The van der Waals surface area contributed by atoms with E-state index < -0.39 is 0 Å². The zero-order valence-corrected chi connectivity index (χ0v) is 37.7. The number of methoxy groups -OCH3 is 1. The topological polar surface area (TPSA) is 99.3 Å². The Bertz CT molecular complexity index is 3420. The Balaban J connectivity index is 1.18. The lowest BCUT2D eigenvalue weighted by atomic mass is 9.91. The first-order chi connectivity index (χ1) is 30.9. The number of aliphatic imine (C=N–C) groups is 3. The van der Waals surface area contributed by atoms with Gasteiger partial charge in [-0.1, -0.05) is 47.5 Å². The van der Waals surface area contributed by atoms with Gasteiger partial charge in [0.15, 0.2) is 0 Å². The summed E-state index contributed by atoms with van der Waals surface area (Å²) in [5.41, 5.74) is 30.3. The number of aryl methyl sites for hydroxylation is 8. The second-order valence-corrected chi connectivity index (χ2v) is 17.2. The summed E-state index contributed by atoms with van der Waals surface area (Å²) in [6.07, 6.45) is 12.5. The van der Waals surface area contributed by atoms with Crippen LogP contribution in [0.1, 0.15) is 61.2 Å². The molecule has 4 aliphatic heterocycles. The summed E-state index contributed by atoms with van der Waals surface area (Å²) < 4.78 is 12.6. The van der Waals surface area contributed by atoms with Gasteiger partial charge in [-0.05, 0) is 190 Å². The Labute approximate surface area is 373 Å². The molecule has 0 spiro atoms. The second kappa shape index (κ2) is 15.9. The van der Waals surface area contributed by atoms with Crippen molar-refractivity contribution in [2.75, 3.05) is 18.0 Å². The van der Waals surface area contributed by atoms with E-state index in [0.717, 1.165) is 129 Å². The SMILES string of the molecule is COc1c(C)cc(NNc2ccc(C3=c4ccc([nH]4)=C4C=CC(=N4)C(c4c(C)cc(C)cc4C)=c4ccc(o4)=C(c4c(C)cc(C)cc4C)C4=NC(=C5C=CC3=N5)C=C4)cc2)cc1C. The number of nitrogens with one attached hydrogen (secondary N) is 3. The number of nitrogens with zero attached hydrogens (tertiary/aromatic N) is 3. The van der Waals surface area contributed by atoms with Crippen molar-refractivity contribution in [2.45, 2.75) is 55.4 Å². The lowest BCUT2D eigenvalue weighted by Gasteiger charge is -2.15. The summed E-state index contributed by atoms with van der Waals surface area (Å²) in [5, 5.41) is 1.83. The van der Waals surface area contributed by atoms with E-state index in [4.69, 9.17) is 24.1 Å². The van der Waals surface area contributed by atoms with Crippen LogP contribution in [0.5, 0.6) is 5.75 Å². The highest BCUT2D eigenvalue weighted by Crippen LogP contribution is 2.32. The van der Waals surface area contributed by atoms with E-state index >= 15 is 0 Å². The number of benzene rings is 4. The molecule has 316 valence electrons. The monoisotopic (exact) mass is 838 g/mol. The third-order valence-electron chi connectivity index (χ3n) is 12.3. The molecule has 0 unspecified atom stereocenters. The minimum Gasteiger partial charge on any atom is -0.496 e. The number of hydrogen-bond acceptors (Lipinski definition) is 7. The molecule has 8 nitrogen and oxygen atoms in total. The van der Waals surface area contributed by atoms with Gasteiger partial charge in [-0.2, -0.15) is 0 Å². The number of ether oxygens (including phenoxy) is 1. The van der Waals surface area contributed by atoms with Crippen LogP contribution in [0.3, 0.4) is 0 Å². The highest BCUT2D eigenvalue weighted by Gasteiger charge is 2.24. The van der Waals surface area contributed by atoms with Gasteiger partial charge in [0.2, 0.25) is 0 Å². The van der Waals surface area contributed by atoms with Crippen molar-refractivity contribution in [2.24, 2.45) is 15.0 Å². The zero-order valence-electron chi connectivity index (χ0n) is 37.7. The maximum atomic E-state index is 7.07. The van der Waals surface area contributed by atoms with Crippen LogP contribution in [0, 0.1) is 55.4 Å². The Morgan fingerprint density at radius 1 is 0.453 bits per heavy atom. The highest BCUT2D eigenvalue weighted by molar-refractivity contribution is 6.33. The smallest absolute Gasteiger partial charge is 0.137 e. The zero-order chi connectivity index (χ0) is 44.4. The molecule has 6 heterocycles. The van der Waals surface area contributed by atoms with E-state index in [1.165, 1.54) is 22.3 Å². The van der Waals surface area contributed by atoms with Crippen molar-refractivity contribution in [3.63, 3.8) is 0 Å². The molecule has 4 aliphatic rings. The number of anilines is 2. The van der Waals surface area contributed by atoms with Crippen LogP contribution in [-0.2, 0) is 0 Å². The molecule has 0 saturated carbocycles. The molecule has 0 amide bonds. The van der Waals surface area contributed by atoms with Gasteiger partial charge in [0.1, 0.15) is 16.6 Å². The number of rotatable bonds is 7. The summed E-state index contributed by atoms with van der Waals surface area (Å²) in [7, 11) is 1.71. The predicted octanol–water partition coefficient (Wildman–Crippen LogP) is 9.19. The standard InChI is InChI=1S/C56H50N6O2/c1-30-24-32(3)51(33(4)25-30)54-47-20-16-43(59-47)41-14-18-45(57-41)53(38-10-12-39(13-11-38)61-62-40-28-36(7)56(63-9)37(8)29-40)46-19-15-42(58-46)44-17-21-48(60-44)55(50-23-22-49(54)64-50)52-34(5)26-31(2)27-35(52)6/h10-29,57,61-62H,1-9H3. The number of hydrazine groups is 1. The largest absolute Gasteiger partial charge is 0.496 e. The maximum absolute atomic E-state index is 7.07. The molecular formula is C56H50N6O2. The van der Waals surface area contributed by atoms with E-state index in [1.54, 1.807) is 7.11 Å². The van der Waals surface area contributed by atoms with Gasteiger partial charge < -0.3 is 25.0 Å². The summed E-state index contributed by atoms with van der Waals surface area (Å²) in [6, 6.07) is 29.9. The Morgan fingerprint density at radius 2 is 0.906 bits per heavy atom. The first-order valence-electron chi connectivity index (χ1n) is 21.7. The molecule has 10 rings (SSSR count). The molecule has 4 aromatic carbocycles. The molecule has 0 fully saturated rings. The summed E-state index contributed by atoms with van der Waals surface area (Å²) in [4.78, 5) is 19.7. The van der Waals surface area contributed by atoms with Crippen molar-refractivity contribution >= 4 is 50.9 Å². The number of fused-ring (bicyclic) bond motifs is 7. The van der Waals surface area contributed by atoms with Crippen LogP contribution in [-0.4, -0.2) is 29.2 Å². The fourth-order valence-electron chi connectivity index (χ4n) is 9.79. The van der Waals surface area contributed by atoms with Gasteiger partial charge >= 0.3 is 0 Å². The Kier molecular flexibility index (Phi) is 10.0. The third-order valence-corrected chi connectivity index (χ3v) is 12.3. The number of hydrogen-bond donors (Lipinski definition) is 3. The van der Waals surface area contributed by atoms with Crippen molar-refractivity contribution < 1.29 is 9.15 Å². The lowest BCUT2D eigenvalue weighted by molar-refractivity contribution is 0.408. The van der Waals surface area contributed by atoms with Gasteiger partial charge in [0.05, 0.1) is 69.2 Å². The van der Waals surface area contributed by atoms with E-state index in [2.05, 4.69) is 193 Å². The quantitative estimate of drug-likeness (QED) is 0.140. The van der Waals surface area contributed by atoms with Crippen molar-refractivity contribution in [3.8, 4) is 5.75 Å². The van der Waals surface area contributed by atoms with Gasteiger partial charge in [0.25, 0.3) is 0 Å². The normalized spacial score (nSPS) is 15.2. The van der Waals surface area contributed by atoms with Crippen LogP contribution in [0.25, 0.3) is 22.4 Å². The summed E-state index contributed by atoms with van der Waals surface area (Å²) in [5.74, 6) is 0.899. The fourth-order valence-corrected chi connectivity index (χ4v) is 9.79. The lowest BCUT2D eigenvalue weighted by Crippen LogP contribution is -2.19. The maximum Gasteiger partial charge on any atom is 0.137 e. The van der Waals surface area contributed by atoms with Crippen LogP contribution >= 0.6 is 0 Å². The summed E-state index contributed by atoms with van der Waals surface area (Å²) in [6.45, 7) is 17.1. The Hall–Kier alpha value is -7.71. The third kappa shape index (κ3) is 7.20. The van der Waals surface area contributed by atoms with E-state index in [0.29, 0.717) is 0 Å². The van der Waals surface area contributed by atoms with Crippen molar-refractivity contribution in [3.05, 3.63) is 216 Å². The molecular weight excluding hydrogens is 789 g/mol. The highest BCUT2D eigenvalue weighted by atomic mass is 16.5. The van der Waals surface area contributed by atoms with Crippen LogP contribution < -0.4 is 37.1 Å². The molecule has 0 radical (unpaired) electrons. The number of aromatic amines is 1. The van der Waals surface area contributed by atoms with E-state index in [1.807, 2.05) is 0 Å². The molecule has 64 heavy (non-hydrogen) atoms. The van der Waals surface area contributed by atoms with Crippen molar-refractivity contribution in [1.82, 2.24) is 4.98 Å². The van der Waals surface area contributed by atoms with Crippen LogP contribution in [0.2, 0.25) is 0 Å². The van der Waals surface area contributed by atoms with E-state index in [9.17, 15) is 0 Å². The number of H-pyrrole nitrogens is 1. The number of allylic oxidation sites excluding steroid dienone is 5. The molecule has 8 heteroatoms. The average Bonchev–Trinajstić information content (AvgIpc) is 4.11. The molecule has 0 aliphatic carbocycles. The molecule has 0 saturated heterocycles. The van der Waals surface area contributed by atoms with Gasteiger partial charge in [-0.25, -0.2) is 15.0 Å². The van der Waals surface area contributed by atoms with Crippen LogP contribution in [0.4, 0.5) is 11.4 Å². The Morgan fingerprint density at radius 3 is 1.42 bits per heavy atom. The van der Waals surface area contributed by atoms with Gasteiger partial charge in [-0.15, -0.1) is 0 Å². The average molecular weight is 839 g/mol. The van der Waals surface area contributed by atoms with E-state index in [-0.39, 0.29) is 0 Å².